The molecule has 76 valence electrons. The Labute approximate surface area is 89.4 Å². The van der Waals surface area contributed by atoms with Crippen molar-refractivity contribution in [1.29, 1.82) is 0 Å². The summed E-state index contributed by atoms with van der Waals surface area (Å²) in [6, 6.07) is 7.63. The van der Waals surface area contributed by atoms with Gasteiger partial charge in [0.25, 0.3) is 0 Å². The van der Waals surface area contributed by atoms with Crippen LogP contribution < -0.4 is 4.74 Å². The predicted octanol–water partition coefficient (Wildman–Crippen LogP) is 2.42. The number of para-hydroxylation sites is 1. The summed E-state index contributed by atoms with van der Waals surface area (Å²) in [4.78, 5) is 2.27. The Balaban J connectivity index is 2.01. The Morgan fingerprint density at radius 1 is 1.43 bits per heavy atom. The molecule has 2 rings (SSSR count). The highest BCUT2D eigenvalue weighted by molar-refractivity contribution is 6.32. The van der Waals surface area contributed by atoms with Crippen LogP contribution in [-0.2, 0) is 0 Å². The molecule has 0 unspecified atom stereocenters. The van der Waals surface area contributed by atoms with E-state index in [-0.39, 0.29) is 0 Å². The lowest BCUT2D eigenvalue weighted by Gasteiger charge is -2.14. The Morgan fingerprint density at radius 3 is 2.86 bits per heavy atom. The molecule has 0 aliphatic carbocycles. The smallest absolute Gasteiger partial charge is 0.138 e. The lowest BCUT2D eigenvalue weighted by atomic mass is 10.3. The summed E-state index contributed by atoms with van der Waals surface area (Å²) in [7, 11) is 2.11. The first-order chi connectivity index (χ1) is 6.75. The number of likely N-dealkylation sites (tertiary alicyclic amines) is 1. The molecule has 1 saturated heterocycles. The lowest BCUT2D eigenvalue weighted by molar-refractivity contribution is 0.208. The highest BCUT2D eigenvalue weighted by atomic mass is 35.5. The molecule has 1 aliphatic rings. The molecule has 1 heterocycles. The van der Waals surface area contributed by atoms with E-state index in [2.05, 4.69) is 11.9 Å². The predicted molar refractivity (Wildman–Crippen MR) is 58.0 cm³/mol. The third-order valence-corrected chi connectivity index (χ3v) is 2.79. The Morgan fingerprint density at radius 2 is 2.21 bits per heavy atom. The van der Waals surface area contributed by atoms with Gasteiger partial charge < -0.3 is 9.64 Å². The first-order valence-corrected chi connectivity index (χ1v) is 5.23. The highest BCUT2D eigenvalue weighted by Crippen LogP contribution is 2.26. The monoisotopic (exact) mass is 211 g/mol. The van der Waals surface area contributed by atoms with Crippen LogP contribution in [0, 0.1) is 0 Å². The summed E-state index contributed by atoms with van der Waals surface area (Å²) < 4.78 is 5.80. The van der Waals surface area contributed by atoms with Crippen LogP contribution >= 0.6 is 11.6 Å². The number of benzene rings is 1. The molecule has 14 heavy (non-hydrogen) atoms. The molecule has 0 N–H and O–H groups in total. The van der Waals surface area contributed by atoms with Gasteiger partial charge in [-0.05, 0) is 25.6 Å². The Hall–Kier alpha value is -0.730. The zero-order valence-electron chi connectivity index (χ0n) is 8.24. The van der Waals surface area contributed by atoms with E-state index in [1.807, 2.05) is 24.3 Å². The minimum absolute atomic E-state index is 0.292. The third-order valence-electron chi connectivity index (χ3n) is 2.48. The average molecular weight is 212 g/mol. The number of rotatable bonds is 2. The number of likely N-dealkylation sites (N-methyl/N-ethyl adjacent to an activating group) is 1. The normalized spacial score (nSPS) is 22.6. The lowest BCUT2D eigenvalue weighted by Crippen LogP contribution is -2.21. The molecule has 0 saturated carbocycles. The summed E-state index contributed by atoms with van der Waals surface area (Å²) in [5.74, 6) is 0.800. The molecule has 0 bridgehead atoms. The Kier molecular flexibility index (Phi) is 2.94. The van der Waals surface area contributed by atoms with Crippen molar-refractivity contribution in [2.24, 2.45) is 0 Å². The number of hydrogen-bond acceptors (Lipinski definition) is 2. The van der Waals surface area contributed by atoms with E-state index in [1.54, 1.807) is 0 Å². The van der Waals surface area contributed by atoms with Gasteiger partial charge in [-0.2, -0.15) is 0 Å². The molecule has 0 aromatic heterocycles. The van der Waals surface area contributed by atoms with Gasteiger partial charge >= 0.3 is 0 Å². The first kappa shape index (κ1) is 9.81. The van der Waals surface area contributed by atoms with Crippen LogP contribution in [0.4, 0.5) is 0 Å². The van der Waals surface area contributed by atoms with Crippen LogP contribution in [0.5, 0.6) is 5.75 Å². The van der Waals surface area contributed by atoms with Crippen LogP contribution in [-0.4, -0.2) is 31.1 Å². The van der Waals surface area contributed by atoms with E-state index in [4.69, 9.17) is 16.3 Å². The molecule has 0 amide bonds. The summed E-state index contributed by atoms with van der Waals surface area (Å²) in [6.07, 6.45) is 1.38. The van der Waals surface area contributed by atoms with Gasteiger partial charge in [0, 0.05) is 13.1 Å². The van der Waals surface area contributed by atoms with E-state index in [0.29, 0.717) is 11.1 Å². The van der Waals surface area contributed by atoms with Crippen LogP contribution in [0.15, 0.2) is 24.3 Å². The number of ether oxygens (including phenoxy) is 1. The summed E-state index contributed by atoms with van der Waals surface area (Å²) in [6.45, 7) is 2.10. The van der Waals surface area contributed by atoms with Gasteiger partial charge in [-0.15, -0.1) is 0 Å². The fourth-order valence-corrected chi connectivity index (χ4v) is 1.89. The van der Waals surface area contributed by atoms with Gasteiger partial charge in [-0.25, -0.2) is 0 Å². The van der Waals surface area contributed by atoms with E-state index in [9.17, 15) is 0 Å². The van der Waals surface area contributed by atoms with Crippen molar-refractivity contribution in [3.05, 3.63) is 29.3 Å². The van der Waals surface area contributed by atoms with Crippen LogP contribution in [0.2, 0.25) is 5.02 Å². The number of halogens is 1. The minimum atomic E-state index is 0.292. The molecule has 1 aromatic carbocycles. The molecular weight excluding hydrogens is 198 g/mol. The topological polar surface area (TPSA) is 12.5 Å². The maximum atomic E-state index is 6.00. The third kappa shape index (κ3) is 2.20. The molecule has 1 atom stereocenters. The summed E-state index contributed by atoms with van der Waals surface area (Å²) in [5, 5.41) is 0.696. The van der Waals surface area contributed by atoms with E-state index in [0.717, 1.165) is 25.3 Å². The van der Waals surface area contributed by atoms with Gasteiger partial charge in [0.2, 0.25) is 0 Å². The summed E-state index contributed by atoms with van der Waals surface area (Å²) in [5.41, 5.74) is 0. The van der Waals surface area contributed by atoms with Crippen LogP contribution in [0.1, 0.15) is 6.42 Å². The van der Waals surface area contributed by atoms with Gasteiger partial charge in [0.1, 0.15) is 11.9 Å². The van der Waals surface area contributed by atoms with Crippen molar-refractivity contribution in [2.45, 2.75) is 12.5 Å². The largest absolute Gasteiger partial charge is 0.487 e. The van der Waals surface area contributed by atoms with Crippen molar-refractivity contribution >= 4 is 11.6 Å². The minimum Gasteiger partial charge on any atom is -0.487 e. The van der Waals surface area contributed by atoms with Crippen molar-refractivity contribution in [2.75, 3.05) is 20.1 Å². The van der Waals surface area contributed by atoms with Crippen molar-refractivity contribution in [3.63, 3.8) is 0 Å². The van der Waals surface area contributed by atoms with E-state index >= 15 is 0 Å². The molecule has 1 aliphatic heterocycles. The highest BCUT2D eigenvalue weighted by Gasteiger charge is 2.21. The summed E-state index contributed by atoms with van der Waals surface area (Å²) >= 11 is 6.00. The zero-order valence-corrected chi connectivity index (χ0v) is 9.00. The molecule has 0 spiro atoms. The second-order valence-corrected chi connectivity index (χ2v) is 4.13. The van der Waals surface area contributed by atoms with Gasteiger partial charge in [-0.1, -0.05) is 23.7 Å². The molecule has 3 heteroatoms. The van der Waals surface area contributed by atoms with Crippen molar-refractivity contribution in [1.82, 2.24) is 4.90 Å². The maximum Gasteiger partial charge on any atom is 0.138 e. The standard InChI is InChI=1S/C11H14ClNO/c1-13-7-6-9(8-13)14-11-5-3-2-4-10(11)12/h2-5,9H,6-8H2,1H3/t9-/m1/s1. The number of hydrogen-bond donors (Lipinski definition) is 0. The van der Waals surface area contributed by atoms with Gasteiger partial charge in [-0.3, -0.25) is 0 Å². The van der Waals surface area contributed by atoms with Gasteiger partial charge in [0.15, 0.2) is 0 Å². The number of nitrogens with zero attached hydrogens (tertiary/aromatic N) is 1. The second kappa shape index (κ2) is 4.20. The maximum absolute atomic E-state index is 6.00. The first-order valence-electron chi connectivity index (χ1n) is 4.85. The quantitative estimate of drug-likeness (QED) is 0.745. The van der Waals surface area contributed by atoms with Crippen molar-refractivity contribution in [3.8, 4) is 5.75 Å². The average Bonchev–Trinajstić information content (AvgIpc) is 2.56. The SMILES string of the molecule is CN1CC[C@@H](Oc2ccccc2Cl)C1. The molecule has 2 nitrogen and oxygen atoms in total. The fraction of sp³-hybridized carbons (Fsp3) is 0.455. The molecule has 0 radical (unpaired) electrons. The molecule has 1 fully saturated rings. The second-order valence-electron chi connectivity index (χ2n) is 3.72. The fourth-order valence-electron chi connectivity index (χ4n) is 1.71. The van der Waals surface area contributed by atoms with Gasteiger partial charge in [0.05, 0.1) is 5.02 Å². The Bertz CT molecular complexity index is 316. The molecule has 1 aromatic rings. The van der Waals surface area contributed by atoms with E-state index in [1.165, 1.54) is 0 Å². The van der Waals surface area contributed by atoms with E-state index < -0.39 is 0 Å². The van der Waals surface area contributed by atoms with Crippen molar-refractivity contribution < 1.29 is 4.74 Å². The van der Waals surface area contributed by atoms with Crippen LogP contribution in [0.25, 0.3) is 0 Å². The molecular formula is C11H14ClNO. The zero-order chi connectivity index (χ0) is 9.97. The van der Waals surface area contributed by atoms with Crippen LogP contribution in [0.3, 0.4) is 0 Å².